The summed E-state index contributed by atoms with van der Waals surface area (Å²) in [6, 6.07) is 12.7. The largest absolute Gasteiger partial charge is 0.491 e. The highest BCUT2D eigenvalue weighted by atomic mass is 35.5. The van der Waals surface area contributed by atoms with E-state index >= 15 is 0 Å². The first kappa shape index (κ1) is 21.9. The van der Waals surface area contributed by atoms with Gasteiger partial charge in [0, 0.05) is 17.3 Å². The van der Waals surface area contributed by atoms with E-state index in [4.69, 9.17) is 16.3 Å². The van der Waals surface area contributed by atoms with Crippen molar-refractivity contribution in [2.24, 2.45) is 5.92 Å². The molecule has 0 atom stereocenters. The molecule has 1 heterocycles. The Morgan fingerprint density at radius 2 is 1.67 bits per heavy atom. The van der Waals surface area contributed by atoms with Crippen LogP contribution in [-0.2, 0) is 9.59 Å². The predicted molar refractivity (Wildman–Crippen MR) is 120 cm³/mol. The SMILES string of the molecule is Cc1ccc(Cl)cc1NC1=C(c2ccc(OC(C)C)cc2)C(=O)N(CC(C)C)C1=O. The molecule has 0 saturated heterocycles. The third-order valence-electron chi connectivity index (χ3n) is 4.69. The number of hydrogen-bond acceptors (Lipinski definition) is 4. The van der Waals surface area contributed by atoms with Crippen molar-refractivity contribution in [2.75, 3.05) is 11.9 Å². The average molecular weight is 427 g/mol. The van der Waals surface area contributed by atoms with Gasteiger partial charge in [-0.25, -0.2) is 0 Å². The summed E-state index contributed by atoms with van der Waals surface area (Å²) in [5, 5.41) is 3.73. The van der Waals surface area contributed by atoms with Crippen LogP contribution < -0.4 is 10.1 Å². The van der Waals surface area contributed by atoms with Crippen LogP contribution >= 0.6 is 11.6 Å². The Bertz CT molecular complexity index is 994. The molecule has 0 radical (unpaired) electrons. The summed E-state index contributed by atoms with van der Waals surface area (Å²) in [4.78, 5) is 27.7. The van der Waals surface area contributed by atoms with Gasteiger partial charge in [0.05, 0.1) is 11.7 Å². The number of halogens is 1. The van der Waals surface area contributed by atoms with Gasteiger partial charge in [0.25, 0.3) is 11.8 Å². The standard InChI is InChI=1S/C24H27ClN2O3/c1-14(2)13-27-23(28)21(17-7-10-19(11-8-17)30-15(3)4)22(24(27)29)26-20-12-18(25)9-6-16(20)5/h6-12,14-15,26H,13H2,1-5H3. The van der Waals surface area contributed by atoms with Crippen LogP contribution in [0.1, 0.15) is 38.8 Å². The molecular formula is C24H27ClN2O3. The molecule has 158 valence electrons. The third-order valence-corrected chi connectivity index (χ3v) is 4.92. The highest BCUT2D eigenvalue weighted by Crippen LogP contribution is 2.33. The van der Waals surface area contributed by atoms with Gasteiger partial charge in [-0.05, 0) is 62.1 Å². The number of hydrogen-bond donors (Lipinski definition) is 1. The Morgan fingerprint density at radius 1 is 1.00 bits per heavy atom. The zero-order valence-corrected chi connectivity index (χ0v) is 18.7. The number of nitrogens with zero attached hydrogens (tertiary/aromatic N) is 1. The van der Waals surface area contributed by atoms with Gasteiger partial charge in [0.1, 0.15) is 11.4 Å². The molecule has 6 heteroatoms. The molecule has 2 amide bonds. The number of carbonyl (C=O) groups excluding carboxylic acids is 2. The fourth-order valence-corrected chi connectivity index (χ4v) is 3.50. The van der Waals surface area contributed by atoms with E-state index in [0.29, 0.717) is 34.1 Å². The lowest BCUT2D eigenvalue weighted by molar-refractivity contribution is -0.137. The van der Waals surface area contributed by atoms with Crippen LogP contribution in [0.15, 0.2) is 48.2 Å². The molecule has 0 unspecified atom stereocenters. The van der Waals surface area contributed by atoms with Gasteiger partial charge in [-0.2, -0.15) is 0 Å². The maximum Gasteiger partial charge on any atom is 0.278 e. The number of aryl methyl sites for hydroxylation is 1. The summed E-state index contributed by atoms with van der Waals surface area (Å²) in [7, 11) is 0. The average Bonchev–Trinajstić information content (AvgIpc) is 2.89. The lowest BCUT2D eigenvalue weighted by atomic mass is 10.0. The smallest absolute Gasteiger partial charge is 0.278 e. The highest BCUT2D eigenvalue weighted by Gasteiger charge is 2.39. The summed E-state index contributed by atoms with van der Waals surface area (Å²) in [5.41, 5.74) is 2.91. The normalized spacial score (nSPS) is 14.3. The van der Waals surface area contributed by atoms with Crippen molar-refractivity contribution in [1.29, 1.82) is 0 Å². The van der Waals surface area contributed by atoms with Crippen molar-refractivity contribution in [3.05, 3.63) is 64.3 Å². The number of anilines is 1. The van der Waals surface area contributed by atoms with Gasteiger partial charge in [-0.3, -0.25) is 14.5 Å². The number of amides is 2. The van der Waals surface area contributed by atoms with Crippen LogP contribution in [0, 0.1) is 12.8 Å². The van der Waals surface area contributed by atoms with Crippen LogP contribution in [0.2, 0.25) is 5.02 Å². The van der Waals surface area contributed by atoms with Gasteiger partial charge in [-0.1, -0.05) is 43.6 Å². The number of ether oxygens (including phenoxy) is 1. The molecule has 1 aliphatic heterocycles. The Morgan fingerprint density at radius 3 is 2.27 bits per heavy atom. The molecule has 0 aliphatic carbocycles. The molecule has 0 aromatic heterocycles. The monoisotopic (exact) mass is 426 g/mol. The predicted octanol–water partition coefficient (Wildman–Crippen LogP) is 5.28. The quantitative estimate of drug-likeness (QED) is 0.611. The van der Waals surface area contributed by atoms with E-state index in [9.17, 15) is 9.59 Å². The number of carbonyl (C=O) groups is 2. The molecule has 0 fully saturated rings. The molecule has 30 heavy (non-hydrogen) atoms. The second-order valence-electron chi connectivity index (χ2n) is 8.14. The van der Waals surface area contributed by atoms with Gasteiger partial charge in [0.15, 0.2) is 0 Å². The van der Waals surface area contributed by atoms with Crippen molar-refractivity contribution in [2.45, 2.75) is 40.7 Å². The Hall–Kier alpha value is -2.79. The van der Waals surface area contributed by atoms with E-state index in [-0.39, 0.29) is 29.5 Å². The van der Waals surface area contributed by atoms with Crippen LogP contribution in [0.25, 0.3) is 5.57 Å². The second-order valence-corrected chi connectivity index (χ2v) is 8.58. The second kappa shape index (κ2) is 8.92. The van der Waals surface area contributed by atoms with Gasteiger partial charge in [0.2, 0.25) is 0 Å². The summed E-state index contributed by atoms with van der Waals surface area (Å²) >= 11 is 6.14. The summed E-state index contributed by atoms with van der Waals surface area (Å²) in [5.74, 6) is 0.248. The van der Waals surface area contributed by atoms with E-state index in [2.05, 4.69) is 5.32 Å². The van der Waals surface area contributed by atoms with Gasteiger partial charge in [-0.15, -0.1) is 0 Å². The minimum absolute atomic E-state index is 0.0503. The zero-order valence-electron chi connectivity index (χ0n) is 18.0. The summed E-state index contributed by atoms with van der Waals surface area (Å²) in [6.45, 7) is 10.1. The molecule has 0 spiro atoms. The van der Waals surface area contributed by atoms with Crippen molar-refractivity contribution in [3.63, 3.8) is 0 Å². The molecule has 2 aromatic rings. The summed E-state index contributed by atoms with van der Waals surface area (Å²) in [6.07, 6.45) is 0.0503. The molecule has 0 bridgehead atoms. The van der Waals surface area contributed by atoms with Crippen molar-refractivity contribution >= 4 is 34.7 Å². The van der Waals surface area contributed by atoms with Crippen LogP contribution in [0.3, 0.4) is 0 Å². The molecule has 1 N–H and O–H groups in total. The van der Waals surface area contributed by atoms with E-state index < -0.39 is 0 Å². The zero-order chi connectivity index (χ0) is 22.0. The van der Waals surface area contributed by atoms with E-state index in [1.165, 1.54) is 4.90 Å². The Labute approximate surface area is 182 Å². The first-order valence-electron chi connectivity index (χ1n) is 10.1. The molecule has 3 rings (SSSR count). The molecule has 1 aliphatic rings. The van der Waals surface area contributed by atoms with Crippen molar-refractivity contribution in [3.8, 4) is 5.75 Å². The van der Waals surface area contributed by atoms with E-state index in [1.54, 1.807) is 12.1 Å². The molecule has 5 nitrogen and oxygen atoms in total. The summed E-state index contributed by atoms with van der Waals surface area (Å²) < 4.78 is 5.70. The van der Waals surface area contributed by atoms with Crippen LogP contribution in [0.4, 0.5) is 5.69 Å². The first-order valence-corrected chi connectivity index (χ1v) is 10.5. The minimum atomic E-state index is -0.328. The van der Waals surface area contributed by atoms with Crippen molar-refractivity contribution < 1.29 is 14.3 Å². The highest BCUT2D eigenvalue weighted by molar-refractivity contribution is 6.36. The number of imide groups is 1. The third kappa shape index (κ3) is 4.68. The van der Waals surface area contributed by atoms with E-state index in [0.717, 1.165) is 5.56 Å². The fraction of sp³-hybridized carbons (Fsp3) is 0.333. The lowest BCUT2D eigenvalue weighted by Gasteiger charge is -2.17. The minimum Gasteiger partial charge on any atom is -0.491 e. The van der Waals surface area contributed by atoms with Crippen LogP contribution in [0.5, 0.6) is 5.75 Å². The Kier molecular flexibility index (Phi) is 6.52. The number of rotatable bonds is 7. The Balaban J connectivity index is 2.05. The molecular weight excluding hydrogens is 400 g/mol. The van der Waals surface area contributed by atoms with E-state index in [1.807, 2.05) is 65.0 Å². The maximum absolute atomic E-state index is 13.2. The van der Waals surface area contributed by atoms with Gasteiger partial charge < -0.3 is 10.1 Å². The number of benzene rings is 2. The fourth-order valence-electron chi connectivity index (χ4n) is 3.33. The lowest BCUT2D eigenvalue weighted by Crippen LogP contribution is -2.35. The maximum atomic E-state index is 13.2. The molecule has 0 saturated carbocycles. The van der Waals surface area contributed by atoms with Crippen LogP contribution in [-0.4, -0.2) is 29.4 Å². The molecule has 2 aromatic carbocycles. The topological polar surface area (TPSA) is 58.6 Å². The van der Waals surface area contributed by atoms with Crippen molar-refractivity contribution in [1.82, 2.24) is 4.90 Å². The first-order chi connectivity index (χ1) is 14.2. The van der Waals surface area contributed by atoms with Gasteiger partial charge >= 0.3 is 0 Å². The number of nitrogens with one attached hydrogen (secondary N) is 1.